The van der Waals surface area contributed by atoms with Crippen LogP contribution in [0.5, 0.6) is 17.2 Å². The van der Waals surface area contributed by atoms with E-state index in [4.69, 9.17) is 33.9 Å². The van der Waals surface area contributed by atoms with Gasteiger partial charge in [0.2, 0.25) is 0 Å². The number of aliphatic carboxylic acids is 1. The Morgan fingerprint density at radius 2 is 1.68 bits per heavy atom. The van der Waals surface area contributed by atoms with Crippen LogP contribution in [0.25, 0.3) is 23.0 Å². The third-order valence-corrected chi connectivity index (χ3v) is 8.82. The molecule has 13 nitrogen and oxygen atoms in total. The molecule has 1 aliphatic rings. The first-order valence-corrected chi connectivity index (χ1v) is 17.3. The number of carboxylic acid groups (broad SMARTS) is 1. The molecule has 14 heteroatoms. The van der Waals surface area contributed by atoms with Crippen molar-refractivity contribution in [2.24, 2.45) is 4.99 Å². The number of carboxylic acids is 1. The first-order chi connectivity index (χ1) is 25.4. The second-order valence-electron chi connectivity index (χ2n) is 11.7. The van der Waals surface area contributed by atoms with Gasteiger partial charge in [0.15, 0.2) is 16.3 Å². The average molecular weight is 739 g/mol. The van der Waals surface area contributed by atoms with Crippen molar-refractivity contribution in [3.8, 4) is 34.2 Å². The van der Waals surface area contributed by atoms with Gasteiger partial charge in [-0.15, -0.1) is 0 Å². The lowest BCUT2D eigenvalue weighted by atomic mass is 9.95. The molecule has 0 saturated heterocycles. The van der Waals surface area contributed by atoms with Crippen molar-refractivity contribution in [1.82, 2.24) is 14.3 Å². The summed E-state index contributed by atoms with van der Waals surface area (Å²) in [5.41, 5.74) is 3.89. The number of rotatable bonds is 10. The van der Waals surface area contributed by atoms with Crippen molar-refractivity contribution >= 4 is 35.3 Å². The summed E-state index contributed by atoms with van der Waals surface area (Å²) in [6, 6.07) is 21.4. The molecule has 6 rings (SSSR count). The summed E-state index contributed by atoms with van der Waals surface area (Å²) in [5, 5.41) is 12.3. The van der Waals surface area contributed by atoms with Crippen LogP contribution in [0.15, 0.2) is 100 Å². The number of thiazole rings is 1. The molecule has 1 N–H and O–H groups in total. The lowest BCUT2D eigenvalue weighted by Crippen LogP contribution is -2.39. The second kappa shape index (κ2) is 16.8. The normalized spacial score (nSPS) is 13.6. The standard InChI is InChI=1S/C37H34N4O7S.C2H4O2/c1-6-18-47-28-15-12-24(13-16-28)33-26(21-40(39-33)27-10-8-7-9-11-27)20-31-35(43)41-34(32(36(44)46-5)22(2)38-37(41)49-31)25-14-17-29(48-23(3)42)30(19-25)45-4;1-2(3)4/h7-17,19-21,34H,6,18H2,1-5H3;1H3,(H,3,4)/b31-20-;. The van der Waals surface area contributed by atoms with E-state index in [-0.39, 0.29) is 22.6 Å². The van der Waals surface area contributed by atoms with Gasteiger partial charge in [0.05, 0.1) is 48.4 Å². The maximum Gasteiger partial charge on any atom is 0.338 e. The largest absolute Gasteiger partial charge is 0.494 e. The van der Waals surface area contributed by atoms with Crippen molar-refractivity contribution in [3.63, 3.8) is 0 Å². The number of hydrogen-bond acceptors (Lipinski definition) is 11. The van der Waals surface area contributed by atoms with Crippen LogP contribution in [0.3, 0.4) is 0 Å². The quantitative estimate of drug-likeness (QED) is 0.151. The number of methoxy groups -OCH3 is 2. The number of para-hydroxylation sites is 1. The molecule has 0 radical (unpaired) electrons. The molecule has 53 heavy (non-hydrogen) atoms. The van der Waals surface area contributed by atoms with E-state index >= 15 is 0 Å². The Morgan fingerprint density at radius 1 is 0.981 bits per heavy atom. The van der Waals surface area contributed by atoms with Crippen LogP contribution in [0, 0.1) is 0 Å². The molecule has 3 aromatic carbocycles. The van der Waals surface area contributed by atoms with E-state index < -0.39 is 23.9 Å². The van der Waals surface area contributed by atoms with E-state index in [1.165, 1.54) is 37.0 Å². The number of fused-ring (bicyclic) bond motifs is 1. The summed E-state index contributed by atoms with van der Waals surface area (Å²) in [5.74, 6) is -0.739. The van der Waals surface area contributed by atoms with E-state index in [0.29, 0.717) is 38.5 Å². The van der Waals surface area contributed by atoms with Crippen LogP contribution in [-0.2, 0) is 19.1 Å². The minimum atomic E-state index is -0.895. The Labute approximate surface area is 308 Å². The zero-order chi connectivity index (χ0) is 38.2. The summed E-state index contributed by atoms with van der Waals surface area (Å²) in [4.78, 5) is 53.3. The number of hydrogen-bond donors (Lipinski definition) is 1. The van der Waals surface area contributed by atoms with Gasteiger partial charge in [-0.05, 0) is 73.5 Å². The van der Waals surface area contributed by atoms with Crippen LogP contribution >= 0.6 is 11.3 Å². The Morgan fingerprint density at radius 3 is 2.30 bits per heavy atom. The molecule has 0 amide bonds. The van der Waals surface area contributed by atoms with Crippen molar-refractivity contribution in [2.45, 2.75) is 40.2 Å². The van der Waals surface area contributed by atoms with Gasteiger partial charge < -0.3 is 24.1 Å². The second-order valence-corrected chi connectivity index (χ2v) is 12.7. The number of benzene rings is 3. The summed E-state index contributed by atoms with van der Waals surface area (Å²) in [6.45, 7) is 6.75. The highest BCUT2D eigenvalue weighted by molar-refractivity contribution is 7.07. The lowest BCUT2D eigenvalue weighted by Gasteiger charge is -2.25. The molecule has 2 aromatic heterocycles. The number of aromatic nitrogens is 3. The molecule has 1 aliphatic heterocycles. The summed E-state index contributed by atoms with van der Waals surface area (Å²) < 4.78 is 25.4. The maximum atomic E-state index is 14.4. The Balaban J connectivity index is 0.00000129. The highest BCUT2D eigenvalue weighted by Crippen LogP contribution is 2.36. The summed E-state index contributed by atoms with van der Waals surface area (Å²) in [6.07, 6.45) is 4.58. The molecular formula is C39H38N4O9S. The van der Waals surface area contributed by atoms with Crippen molar-refractivity contribution < 1.29 is 38.4 Å². The molecule has 3 heterocycles. The van der Waals surface area contributed by atoms with Gasteiger partial charge in [-0.2, -0.15) is 5.10 Å². The van der Waals surface area contributed by atoms with Crippen molar-refractivity contribution in [2.75, 3.05) is 20.8 Å². The van der Waals surface area contributed by atoms with Gasteiger partial charge in [0.25, 0.3) is 11.5 Å². The van der Waals surface area contributed by atoms with E-state index in [1.807, 2.05) is 60.8 Å². The van der Waals surface area contributed by atoms with Gasteiger partial charge in [0, 0.05) is 31.2 Å². The number of carbonyl (C=O) groups is 3. The highest BCUT2D eigenvalue weighted by atomic mass is 32.1. The zero-order valence-corrected chi connectivity index (χ0v) is 30.8. The molecule has 5 aromatic rings. The predicted molar refractivity (Wildman–Crippen MR) is 198 cm³/mol. The Hall–Kier alpha value is -6.28. The van der Waals surface area contributed by atoms with Crippen LogP contribution < -0.4 is 29.1 Å². The monoisotopic (exact) mass is 738 g/mol. The van der Waals surface area contributed by atoms with Gasteiger partial charge >= 0.3 is 11.9 Å². The van der Waals surface area contributed by atoms with Gasteiger partial charge in [-0.25, -0.2) is 14.5 Å². The first kappa shape index (κ1) is 38.0. The third-order valence-electron chi connectivity index (χ3n) is 7.83. The topological polar surface area (TPSA) is 161 Å². The fourth-order valence-corrected chi connectivity index (χ4v) is 6.64. The number of carbonyl (C=O) groups excluding carboxylic acids is 2. The minimum Gasteiger partial charge on any atom is -0.494 e. The molecule has 1 unspecified atom stereocenters. The highest BCUT2D eigenvalue weighted by Gasteiger charge is 2.34. The fraction of sp³-hybridized carbons (Fsp3) is 0.231. The van der Waals surface area contributed by atoms with E-state index in [9.17, 15) is 14.4 Å². The molecule has 0 saturated carbocycles. The maximum absolute atomic E-state index is 14.4. The molecule has 1 atom stereocenters. The molecular weight excluding hydrogens is 701 g/mol. The van der Waals surface area contributed by atoms with Crippen LogP contribution in [0.2, 0.25) is 0 Å². The number of esters is 2. The smallest absolute Gasteiger partial charge is 0.338 e. The predicted octanol–water partition coefficient (Wildman–Crippen LogP) is 5.07. The third kappa shape index (κ3) is 8.61. The van der Waals surface area contributed by atoms with Gasteiger partial charge in [0.1, 0.15) is 11.4 Å². The zero-order valence-electron chi connectivity index (χ0n) is 30.0. The van der Waals surface area contributed by atoms with E-state index in [1.54, 1.807) is 35.9 Å². The molecule has 0 aliphatic carbocycles. The van der Waals surface area contributed by atoms with E-state index in [0.717, 1.165) is 30.3 Å². The van der Waals surface area contributed by atoms with Gasteiger partial charge in [-0.3, -0.25) is 19.0 Å². The fourth-order valence-electron chi connectivity index (χ4n) is 5.60. The van der Waals surface area contributed by atoms with Crippen LogP contribution in [0.4, 0.5) is 0 Å². The lowest BCUT2D eigenvalue weighted by molar-refractivity contribution is -0.137. The SMILES string of the molecule is CC(=O)O.CCCOc1ccc(-c2nn(-c3ccccc3)cc2/C=c2\sc3n(c2=O)C(c2ccc(OC(C)=O)c(OC)c2)C(C(=O)OC)=C(C)N=3)cc1. The minimum absolute atomic E-state index is 0.201. The van der Waals surface area contributed by atoms with E-state index in [2.05, 4.69) is 11.9 Å². The average Bonchev–Trinajstić information content (AvgIpc) is 3.70. The number of nitrogens with zero attached hydrogens (tertiary/aromatic N) is 4. The molecule has 0 fully saturated rings. The van der Waals surface area contributed by atoms with Crippen LogP contribution in [0.1, 0.15) is 51.3 Å². The van der Waals surface area contributed by atoms with Gasteiger partial charge in [-0.1, -0.05) is 42.5 Å². The molecule has 0 spiro atoms. The molecule has 274 valence electrons. The van der Waals surface area contributed by atoms with Crippen LogP contribution in [-0.4, -0.2) is 58.2 Å². The number of allylic oxidation sites excluding steroid dienone is 1. The Kier molecular flexibility index (Phi) is 12.1. The summed E-state index contributed by atoms with van der Waals surface area (Å²) >= 11 is 1.21. The van der Waals surface area contributed by atoms with Crippen molar-refractivity contribution in [1.29, 1.82) is 0 Å². The molecule has 0 bridgehead atoms. The Bertz CT molecular complexity index is 2350. The summed E-state index contributed by atoms with van der Waals surface area (Å²) in [7, 11) is 2.72. The van der Waals surface area contributed by atoms with Crippen molar-refractivity contribution in [3.05, 3.63) is 121 Å². The number of ether oxygens (including phenoxy) is 4. The first-order valence-electron chi connectivity index (χ1n) is 16.5.